The Bertz CT molecular complexity index is 1330. The number of amides is 1. The number of fused-ring (bicyclic) bond motifs is 2. The largest absolute Gasteiger partial charge is 0.378 e. The predicted molar refractivity (Wildman–Crippen MR) is 141 cm³/mol. The molecule has 3 unspecified atom stereocenters. The maximum atomic E-state index is 14.7. The van der Waals surface area contributed by atoms with Crippen LogP contribution in [0.2, 0.25) is 5.02 Å². The SMILES string of the molecule is CCn1cc(Cl)c2cc(C(=O)NC3CCc4nc(N5CC(NC)C(C(F)(F)COC)C5)ccc4C3)nnc21. The van der Waals surface area contributed by atoms with Crippen LogP contribution in [0.1, 0.15) is 35.1 Å². The Morgan fingerprint density at radius 1 is 1.29 bits per heavy atom. The van der Waals surface area contributed by atoms with Crippen LogP contribution in [0.25, 0.3) is 11.0 Å². The van der Waals surface area contributed by atoms with Crippen LogP contribution in [-0.2, 0) is 24.1 Å². The van der Waals surface area contributed by atoms with Gasteiger partial charge in [0.15, 0.2) is 11.3 Å². The lowest BCUT2D eigenvalue weighted by atomic mass is 9.91. The molecular weight excluding hydrogens is 516 g/mol. The fourth-order valence-corrected chi connectivity index (χ4v) is 5.82. The van der Waals surface area contributed by atoms with Crippen molar-refractivity contribution >= 4 is 34.4 Å². The first-order valence-corrected chi connectivity index (χ1v) is 13.2. The Morgan fingerprint density at radius 3 is 2.84 bits per heavy atom. The molecule has 0 aromatic carbocycles. The molecule has 9 nitrogen and oxygen atoms in total. The third-order valence-corrected chi connectivity index (χ3v) is 7.93. The number of alkyl halides is 2. The zero-order valence-electron chi connectivity index (χ0n) is 21.7. The number of carbonyl (C=O) groups is 1. The Labute approximate surface area is 224 Å². The van der Waals surface area contributed by atoms with E-state index >= 15 is 0 Å². The van der Waals surface area contributed by atoms with Crippen molar-refractivity contribution in [3.8, 4) is 0 Å². The predicted octanol–water partition coefficient (Wildman–Crippen LogP) is 3.09. The molecule has 1 aliphatic heterocycles. The van der Waals surface area contributed by atoms with Gasteiger partial charge in [0.2, 0.25) is 0 Å². The third kappa shape index (κ3) is 5.06. The van der Waals surface area contributed by atoms with Gasteiger partial charge in [0.25, 0.3) is 11.8 Å². The second-order valence-electron chi connectivity index (χ2n) is 10.0. The van der Waals surface area contributed by atoms with Crippen molar-refractivity contribution in [1.82, 2.24) is 30.4 Å². The quantitative estimate of drug-likeness (QED) is 0.447. The Balaban J connectivity index is 1.25. The number of ether oxygens (including phenoxy) is 1. The van der Waals surface area contributed by atoms with Gasteiger partial charge in [-0.3, -0.25) is 4.79 Å². The standard InChI is InChI=1S/C26H32ClF2N7O2/c1-4-35-12-19(27)17-10-21(33-34-24(17)35)25(37)31-16-6-7-20-15(9-16)5-8-23(32-20)36-11-18(22(13-36)30-2)26(28,29)14-38-3/h5,8,10,12,16,18,22,30H,4,6-7,9,11,13-14H2,1-3H3,(H,31,37). The first kappa shape index (κ1) is 26.7. The molecule has 3 aromatic heterocycles. The minimum atomic E-state index is -2.93. The number of nitrogens with one attached hydrogen (secondary N) is 2. The fourth-order valence-electron chi connectivity index (χ4n) is 5.56. The van der Waals surface area contributed by atoms with Crippen LogP contribution in [0, 0.1) is 5.92 Å². The average molecular weight is 548 g/mol. The van der Waals surface area contributed by atoms with Crippen molar-refractivity contribution < 1.29 is 18.3 Å². The van der Waals surface area contributed by atoms with E-state index in [1.54, 1.807) is 19.3 Å². The second kappa shape index (κ2) is 10.7. The molecule has 0 spiro atoms. The normalized spacial score (nSPS) is 21.6. The van der Waals surface area contributed by atoms with E-state index in [1.807, 2.05) is 28.5 Å². The van der Waals surface area contributed by atoms with Crippen LogP contribution < -0.4 is 15.5 Å². The summed E-state index contributed by atoms with van der Waals surface area (Å²) in [4.78, 5) is 19.7. The highest BCUT2D eigenvalue weighted by molar-refractivity contribution is 6.35. The molecule has 1 amide bonds. The van der Waals surface area contributed by atoms with E-state index < -0.39 is 18.4 Å². The van der Waals surface area contributed by atoms with Gasteiger partial charge in [-0.25, -0.2) is 13.8 Å². The minimum Gasteiger partial charge on any atom is -0.378 e. The highest BCUT2D eigenvalue weighted by Crippen LogP contribution is 2.35. The van der Waals surface area contributed by atoms with Gasteiger partial charge in [0.1, 0.15) is 12.4 Å². The van der Waals surface area contributed by atoms with Crippen molar-refractivity contribution in [1.29, 1.82) is 0 Å². The van der Waals surface area contributed by atoms with Gasteiger partial charge in [-0.05, 0) is 50.9 Å². The monoisotopic (exact) mass is 547 g/mol. The maximum Gasteiger partial charge on any atom is 0.276 e. The van der Waals surface area contributed by atoms with Crippen molar-refractivity contribution in [2.45, 2.75) is 50.7 Å². The number of anilines is 1. The Kier molecular flexibility index (Phi) is 7.52. The molecule has 38 heavy (non-hydrogen) atoms. The summed E-state index contributed by atoms with van der Waals surface area (Å²) in [5.41, 5.74) is 2.85. The number of methoxy groups -OCH3 is 1. The van der Waals surface area contributed by atoms with Crippen LogP contribution >= 0.6 is 11.6 Å². The van der Waals surface area contributed by atoms with Gasteiger partial charge in [-0.15, -0.1) is 10.2 Å². The summed E-state index contributed by atoms with van der Waals surface area (Å²) >= 11 is 6.32. The minimum absolute atomic E-state index is 0.0755. The molecule has 5 rings (SSSR count). The number of rotatable bonds is 8. The summed E-state index contributed by atoms with van der Waals surface area (Å²) in [6, 6.07) is 5.11. The number of aromatic nitrogens is 4. The van der Waals surface area contributed by atoms with Gasteiger partial charge in [-0.2, -0.15) is 0 Å². The first-order chi connectivity index (χ1) is 18.2. The van der Waals surface area contributed by atoms with Crippen LogP contribution in [0.15, 0.2) is 24.4 Å². The number of nitrogens with zero attached hydrogens (tertiary/aromatic N) is 5. The lowest BCUT2D eigenvalue weighted by molar-refractivity contribution is -0.107. The Morgan fingerprint density at radius 2 is 2.11 bits per heavy atom. The number of pyridine rings is 1. The van der Waals surface area contributed by atoms with Crippen molar-refractivity contribution in [2.24, 2.45) is 5.92 Å². The van der Waals surface area contributed by atoms with Crippen LogP contribution in [-0.4, -0.2) is 77.5 Å². The lowest BCUT2D eigenvalue weighted by Crippen LogP contribution is -2.45. The number of aryl methyl sites for hydroxylation is 2. The van der Waals surface area contributed by atoms with Crippen LogP contribution in [0.3, 0.4) is 0 Å². The zero-order valence-corrected chi connectivity index (χ0v) is 22.4. The van der Waals surface area contributed by atoms with Gasteiger partial charge < -0.3 is 24.8 Å². The topological polar surface area (TPSA) is 97.2 Å². The molecule has 12 heteroatoms. The molecule has 0 bridgehead atoms. The van der Waals surface area contributed by atoms with E-state index in [0.717, 1.165) is 11.3 Å². The van der Waals surface area contributed by atoms with Gasteiger partial charge in [0, 0.05) is 56.1 Å². The number of hydrogen-bond donors (Lipinski definition) is 2. The first-order valence-electron chi connectivity index (χ1n) is 12.8. The number of likely N-dealkylation sites (N-methyl/N-ethyl adjacent to an activating group) is 1. The molecule has 204 valence electrons. The molecule has 2 N–H and O–H groups in total. The molecule has 0 radical (unpaired) electrons. The molecule has 2 aliphatic rings. The smallest absolute Gasteiger partial charge is 0.276 e. The molecule has 3 atom stereocenters. The Hall–Kier alpha value is -2.89. The molecule has 4 heterocycles. The van der Waals surface area contributed by atoms with E-state index in [2.05, 4.69) is 20.8 Å². The van der Waals surface area contributed by atoms with E-state index in [9.17, 15) is 13.6 Å². The van der Waals surface area contributed by atoms with E-state index in [0.29, 0.717) is 54.2 Å². The highest BCUT2D eigenvalue weighted by atomic mass is 35.5. The second-order valence-corrected chi connectivity index (χ2v) is 10.4. The van der Waals surface area contributed by atoms with E-state index in [-0.39, 0.29) is 30.2 Å². The van der Waals surface area contributed by atoms with Crippen LogP contribution in [0.4, 0.5) is 14.6 Å². The molecule has 0 saturated carbocycles. The molecule has 1 aliphatic carbocycles. The summed E-state index contributed by atoms with van der Waals surface area (Å²) in [5.74, 6) is -3.41. The summed E-state index contributed by atoms with van der Waals surface area (Å²) < 4.78 is 36.0. The van der Waals surface area contributed by atoms with Crippen molar-refractivity contribution in [3.05, 3.63) is 46.4 Å². The summed E-state index contributed by atoms with van der Waals surface area (Å²) in [5, 5.41) is 15.7. The molecule has 1 saturated heterocycles. The van der Waals surface area contributed by atoms with Crippen molar-refractivity contribution in [3.63, 3.8) is 0 Å². The van der Waals surface area contributed by atoms with Gasteiger partial charge in [0.05, 0.1) is 10.9 Å². The zero-order chi connectivity index (χ0) is 27.0. The summed E-state index contributed by atoms with van der Waals surface area (Å²) in [6.07, 6.45) is 3.81. The van der Waals surface area contributed by atoms with E-state index in [1.165, 1.54) is 7.11 Å². The summed E-state index contributed by atoms with van der Waals surface area (Å²) in [6.45, 7) is 2.73. The van der Waals surface area contributed by atoms with Crippen molar-refractivity contribution in [2.75, 3.05) is 38.8 Å². The molecule has 1 fully saturated rings. The summed E-state index contributed by atoms with van der Waals surface area (Å²) in [7, 11) is 3.00. The average Bonchev–Trinajstić information content (AvgIpc) is 3.50. The van der Waals surface area contributed by atoms with E-state index in [4.69, 9.17) is 21.3 Å². The van der Waals surface area contributed by atoms with Gasteiger partial charge in [-0.1, -0.05) is 17.7 Å². The number of hydrogen-bond acceptors (Lipinski definition) is 7. The third-order valence-electron chi connectivity index (χ3n) is 7.63. The molecule has 3 aromatic rings. The lowest BCUT2D eigenvalue weighted by Gasteiger charge is -2.27. The van der Waals surface area contributed by atoms with Crippen LogP contribution in [0.5, 0.6) is 0 Å². The number of halogens is 3. The maximum absolute atomic E-state index is 14.7. The highest BCUT2D eigenvalue weighted by Gasteiger charge is 2.49. The number of carbonyl (C=O) groups excluding carboxylic acids is 1. The molecular formula is C26H32ClF2N7O2. The van der Waals surface area contributed by atoms with Gasteiger partial charge >= 0.3 is 0 Å². The fraction of sp³-hybridized carbons (Fsp3) is 0.538.